The number of hydrogen-bond donors (Lipinski definition) is 0. The van der Waals surface area contributed by atoms with Crippen LogP contribution in [0.1, 0.15) is 0 Å². The average molecular weight is 602 g/mol. The second-order valence-corrected chi connectivity index (χ2v) is 11.6. The van der Waals surface area contributed by atoms with Gasteiger partial charge in [0.15, 0.2) is 17.5 Å². The molecule has 0 atom stereocenters. The summed E-state index contributed by atoms with van der Waals surface area (Å²) in [6.07, 6.45) is 0. The van der Waals surface area contributed by atoms with Crippen LogP contribution in [-0.4, -0.2) is 15.0 Å². The molecule has 0 aliphatic rings. The maximum atomic E-state index is 6.62. The molecule has 2 aromatic heterocycles. The summed E-state index contributed by atoms with van der Waals surface area (Å²) >= 11 is 0. The fourth-order valence-electron chi connectivity index (χ4n) is 6.38. The van der Waals surface area contributed by atoms with Gasteiger partial charge in [0.25, 0.3) is 0 Å². The number of nitrogens with zero attached hydrogens (tertiary/aromatic N) is 3. The van der Waals surface area contributed by atoms with Crippen LogP contribution in [0.5, 0.6) is 0 Å². The van der Waals surface area contributed by atoms with Crippen LogP contribution in [0.3, 0.4) is 0 Å². The minimum Gasteiger partial charge on any atom is -0.455 e. The lowest BCUT2D eigenvalue weighted by molar-refractivity contribution is 0.670. The van der Waals surface area contributed by atoms with Gasteiger partial charge in [0, 0.05) is 33.0 Å². The second-order valence-electron chi connectivity index (χ2n) is 11.6. The molecule has 0 aliphatic carbocycles. The molecule has 0 spiro atoms. The molecule has 0 bridgehead atoms. The first-order valence-electron chi connectivity index (χ1n) is 15.7. The van der Waals surface area contributed by atoms with Crippen LogP contribution in [0.2, 0.25) is 0 Å². The van der Waals surface area contributed by atoms with Crippen molar-refractivity contribution < 1.29 is 4.42 Å². The molecule has 0 N–H and O–H groups in total. The first-order valence-corrected chi connectivity index (χ1v) is 15.7. The maximum absolute atomic E-state index is 6.62. The summed E-state index contributed by atoms with van der Waals surface area (Å²) in [4.78, 5) is 15.2. The van der Waals surface area contributed by atoms with E-state index in [1.54, 1.807) is 0 Å². The average Bonchev–Trinajstić information content (AvgIpc) is 3.55. The lowest BCUT2D eigenvalue weighted by atomic mass is 9.96. The number of hydrogen-bond acceptors (Lipinski definition) is 4. The summed E-state index contributed by atoms with van der Waals surface area (Å²) in [7, 11) is 0. The van der Waals surface area contributed by atoms with Crippen LogP contribution in [0, 0.1) is 0 Å². The molecular weight excluding hydrogens is 574 g/mol. The molecule has 4 heteroatoms. The molecular formula is C43H27N3O. The standard InChI is InChI=1S/C43H27N3O/c1-3-11-28(12-4-1)30-19-22-31(23-20-30)35-25-26-37(39-36-17-9-10-18-38(36)47-40(35)39)43-45-41(32-14-5-2-6-15-32)44-42(46-43)34-24-21-29-13-7-8-16-33(29)27-34/h1-27H. The van der Waals surface area contributed by atoms with E-state index in [0.29, 0.717) is 17.5 Å². The topological polar surface area (TPSA) is 51.8 Å². The summed E-state index contributed by atoms with van der Waals surface area (Å²) < 4.78 is 6.62. The number of furan rings is 1. The van der Waals surface area contributed by atoms with Gasteiger partial charge in [0.2, 0.25) is 0 Å². The van der Waals surface area contributed by atoms with Gasteiger partial charge in [-0.1, -0.05) is 140 Å². The van der Waals surface area contributed by atoms with E-state index in [9.17, 15) is 0 Å². The van der Waals surface area contributed by atoms with Crippen LogP contribution in [0.15, 0.2) is 168 Å². The molecule has 2 heterocycles. The monoisotopic (exact) mass is 601 g/mol. The van der Waals surface area contributed by atoms with Crippen molar-refractivity contribution in [2.24, 2.45) is 0 Å². The summed E-state index contributed by atoms with van der Waals surface area (Å²) in [6.45, 7) is 0. The highest BCUT2D eigenvalue weighted by Crippen LogP contribution is 2.42. The van der Waals surface area contributed by atoms with Crippen LogP contribution in [0.25, 0.3) is 89.1 Å². The predicted molar refractivity (Wildman–Crippen MR) is 192 cm³/mol. The molecule has 47 heavy (non-hydrogen) atoms. The number of rotatable bonds is 5. The van der Waals surface area contributed by atoms with Gasteiger partial charge in [-0.2, -0.15) is 0 Å². The molecule has 9 aromatic rings. The highest BCUT2D eigenvalue weighted by atomic mass is 16.3. The molecule has 0 amide bonds. The van der Waals surface area contributed by atoms with Gasteiger partial charge in [0.1, 0.15) is 11.2 Å². The molecule has 0 saturated heterocycles. The molecule has 0 saturated carbocycles. The van der Waals surface area contributed by atoms with Gasteiger partial charge >= 0.3 is 0 Å². The molecule has 0 radical (unpaired) electrons. The highest BCUT2D eigenvalue weighted by molar-refractivity contribution is 6.15. The Hall–Kier alpha value is -6.39. The third-order valence-electron chi connectivity index (χ3n) is 8.75. The van der Waals surface area contributed by atoms with E-state index in [2.05, 4.69) is 109 Å². The molecule has 4 nitrogen and oxygen atoms in total. The first-order chi connectivity index (χ1) is 23.3. The number of para-hydroxylation sites is 1. The van der Waals surface area contributed by atoms with Crippen LogP contribution < -0.4 is 0 Å². The van der Waals surface area contributed by atoms with Crippen molar-refractivity contribution >= 4 is 32.7 Å². The smallest absolute Gasteiger partial charge is 0.164 e. The van der Waals surface area contributed by atoms with E-state index in [1.807, 2.05) is 54.6 Å². The minimum absolute atomic E-state index is 0.601. The first kappa shape index (κ1) is 27.0. The molecule has 0 unspecified atom stereocenters. The van der Waals surface area contributed by atoms with Gasteiger partial charge in [-0.3, -0.25) is 0 Å². The molecule has 0 fully saturated rings. The molecule has 7 aromatic carbocycles. The van der Waals surface area contributed by atoms with Crippen molar-refractivity contribution in [3.8, 4) is 56.4 Å². The molecule has 220 valence electrons. The van der Waals surface area contributed by atoms with Gasteiger partial charge in [0.05, 0.1) is 0 Å². The zero-order valence-corrected chi connectivity index (χ0v) is 25.3. The van der Waals surface area contributed by atoms with E-state index in [4.69, 9.17) is 19.4 Å². The lowest BCUT2D eigenvalue weighted by Crippen LogP contribution is -2.00. The maximum Gasteiger partial charge on any atom is 0.164 e. The highest BCUT2D eigenvalue weighted by Gasteiger charge is 2.20. The Morgan fingerprint density at radius 1 is 0.362 bits per heavy atom. The van der Waals surface area contributed by atoms with Crippen LogP contribution in [0.4, 0.5) is 0 Å². The van der Waals surface area contributed by atoms with Gasteiger partial charge < -0.3 is 4.42 Å². The predicted octanol–water partition coefficient (Wildman–Crippen LogP) is 11.3. The SMILES string of the molecule is c1ccc(-c2ccc(-c3ccc(-c4nc(-c5ccccc5)nc(-c5ccc6ccccc6c5)n4)c4c3oc3ccccc34)cc2)cc1. The summed E-state index contributed by atoms with van der Waals surface area (Å²) in [5, 5.41) is 4.32. The normalized spacial score (nSPS) is 11.4. The fourth-order valence-corrected chi connectivity index (χ4v) is 6.38. The zero-order valence-electron chi connectivity index (χ0n) is 25.3. The van der Waals surface area contributed by atoms with Crippen LogP contribution >= 0.6 is 0 Å². The minimum atomic E-state index is 0.601. The lowest BCUT2D eigenvalue weighted by Gasteiger charge is -2.11. The number of fused-ring (bicyclic) bond motifs is 4. The third-order valence-corrected chi connectivity index (χ3v) is 8.75. The van der Waals surface area contributed by atoms with E-state index >= 15 is 0 Å². The fraction of sp³-hybridized carbons (Fsp3) is 0. The van der Waals surface area contributed by atoms with Crippen molar-refractivity contribution in [1.29, 1.82) is 0 Å². The van der Waals surface area contributed by atoms with E-state index in [-0.39, 0.29) is 0 Å². The number of benzene rings is 7. The Bertz CT molecular complexity index is 2550. The third kappa shape index (κ3) is 4.84. The van der Waals surface area contributed by atoms with Crippen molar-refractivity contribution in [3.05, 3.63) is 164 Å². The Kier molecular flexibility index (Phi) is 6.43. The summed E-state index contributed by atoms with van der Waals surface area (Å²) in [5.74, 6) is 1.85. The van der Waals surface area contributed by atoms with Gasteiger partial charge in [-0.05, 0) is 51.7 Å². The van der Waals surface area contributed by atoms with E-state index < -0.39 is 0 Å². The quantitative estimate of drug-likeness (QED) is 0.197. The van der Waals surface area contributed by atoms with Gasteiger partial charge in [-0.25, -0.2) is 15.0 Å². The molecule has 9 rings (SSSR count). The van der Waals surface area contributed by atoms with E-state index in [0.717, 1.165) is 55.1 Å². The van der Waals surface area contributed by atoms with Crippen molar-refractivity contribution in [2.45, 2.75) is 0 Å². The second kappa shape index (κ2) is 11.2. The Morgan fingerprint density at radius 2 is 0.915 bits per heavy atom. The van der Waals surface area contributed by atoms with E-state index in [1.165, 1.54) is 16.5 Å². The largest absolute Gasteiger partial charge is 0.455 e. The Balaban J connectivity index is 1.25. The van der Waals surface area contributed by atoms with Crippen LogP contribution in [-0.2, 0) is 0 Å². The Labute approximate surface area is 271 Å². The Morgan fingerprint density at radius 3 is 1.70 bits per heavy atom. The molecule has 0 aliphatic heterocycles. The number of aromatic nitrogens is 3. The zero-order chi connectivity index (χ0) is 31.2. The van der Waals surface area contributed by atoms with Gasteiger partial charge in [-0.15, -0.1) is 0 Å². The summed E-state index contributed by atoms with van der Waals surface area (Å²) in [5.41, 5.74) is 8.87. The van der Waals surface area contributed by atoms with Crippen molar-refractivity contribution in [2.75, 3.05) is 0 Å². The summed E-state index contributed by atoms with van der Waals surface area (Å²) in [6, 6.07) is 56.3. The van der Waals surface area contributed by atoms with Crippen molar-refractivity contribution in [1.82, 2.24) is 15.0 Å². The van der Waals surface area contributed by atoms with Crippen molar-refractivity contribution in [3.63, 3.8) is 0 Å².